The predicted molar refractivity (Wildman–Crippen MR) is 66.4 cm³/mol. The number of nitrogens with zero attached hydrogens (tertiary/aromatic N) is 1. The van der Waals surface area contributed by atoms with Crippen LogP contribution in [-0.2, 0) is 6.54 Å². The average molecular weight is 243 g/mol. The molecule has 0 aromatic carbocycles. The molecule has 1 rings (SSSR count). The molecule has 0 aliphatic rings. The van der Waals surface area contributed by atoms with Gasteiger partial charge in [0.2, 0.25) is 0 Å². The molecule has 2 N–H and O–H groups in total. The van der Waals surface area contributed by atoms with Gasteiger partial charge in [-0.1, -0.05) is 31.5 Å². The van der Waals surface area contributed by atoms with E-state index in [2.05, 4.69) is 24.1 Å². The van der Waals surface area contributed by atoms with Gasteiger partial charge in [0.05, 0.1) is 0 Å². The number of nitrogens with one attached hydrogen (secondary N) is 1. The molecular formula is C12H19ClN2O. The third kappa shape index (κ3) is 4.92. The maximum absolute atomic E-state index is 8.90. The molecule has 1 aromatic rings. The Morgan fingerprint density at radius 3 is 2.75 bits per heavy atom. The molecule has 0 spiro atoms. The van der Waals surface area contributed by atoms with E-state index >= 15 is 0 Å². The second-order valence-electron chi connectivity index (χ2n) is 4.73. The molecule has 1 heterocycles. The van der Waals surface area contributed by atoms with E-state index in [1.807, 2.05) is 6.07 Å². The van der Waals surface area contributed by atoms with Crippen LogP contribution in [0.15, 0.2) is 18.3 Å². The van der Waals surface area contributed by atoms with Crippen LogP contribution < -0.4 is 5.32 Å². The van der Waals surface area contributed by atoms with E-state index in [1.54, 1.807) is 12.3 Å². The molecule has 90 valence electrons. The Morgan fingerprint density at radius 1 is 1.44 bits per heavy atom. The molecule has 0 aliphatic carbocycles. The van der Waals surface area contributed by atoms with Gasteiger partial charge >= 0.3 is 0 Å². The van der Waals surface area contributed by atoms with Crippen molar-refractivity contribution in [3.05, 3.63) is 29.0 Å². The molecule has 0 saturated heterocycles. The van der Waals surface area contributed by atoms with E-state index in [1.165, 1.54) is 0 Å². The molecule has 0 atom stereocenters. The summed E-state index contributed by atoms with van der Waals surface area (Å²) in [5, 5.41) is 12.8. The summed E-state index contributed by atoms with van der Waals surface area (Å²) in [6, 6.07) is 3.75. The number of hydrogen-bond donors (Lipinski definition) is 2. The van der Waals surface area contributed by atoms with Crippen LogP contribution in [0, 0.1) is 5.41 Å². The van der Waals surface area contributed by atoms with Gasteiger partial charge in [0.15, 0.2) is 0 Å². The number of aliphatic hydroxyl groups excluding tert-OH is 1. The first-order valence-electron chi connectivity index (χ1n) is 5.45. The minimum absolute atomic E-state index is 0.120. The van der Waals surface area contributed by atoms with E-state index in [0.717, 1.165) is 25.1 Å². The van der Waals surface area contributed by atoms with E-state index in [4.69, 9.17) is 16.7 Å². The summed E-state index contributed by atoms with van der Waals surface area (Å²) < 4.78 is 0. The van der Waals surface area contributed by atoms with Crippen LogP contribution in [-0.4, -0.2) is 23.2 Å². The lowest BCUT2D eigenvalue weighted by molar-refractivity contribution is 0.207. The molecule has 0 unspecified atom stereocenters. The molecule has 0 radical (unpaired) electrons. The number of halogens is 1. The SMILES string of the molecule is CC(C)(CCO)CNCc1ccc(Cl)nc1. The summed E-state index contributed by atoms with van der Waals surface area (Å²) >= 11 is 5.70. The van der Waals surface area contributed by atoms with Gasteiger partial charge in [-0.3, -0.25) is 0 Å². The first-order chi connectivity index (χ1) is 7.53. The fraction of sp³-hybridized carbons (Fsp3) is 0.583. The molecule has 1 aromatic heterocycles. The summed E-state index contributed by atoms with van der Waals surface area (Å²) in [5.74, 6) is 0. The van der Waals surface area contributed by atoms with Gasteiger partial charge in [-0.15, -0.1) is 0 Å². The smallest absolute Gasteiger partial charge is 0.129 e. The van der Waals surface area contributed by atoms with E-state index in [-0.39, 0.29) is 12.0 Å². The number of rotatable bonds is 6. The Kier molecular flexibility index (Phi) is 5.19. The fourth-order valence-corrected chi connectivity index (χ4v) is 1.56. The van der Waals surface area contributed by atoms with E-state index < -0.39 is 0 Å². The van der Waals surface area contributed by atoms with Crippen LogP contribution >= 0.6 is 11.6 Å². The average Bonchev–Trinajstić information content (AvgIpc) is 2.20. The zero-order valence-electron chi connectivity index (χ0n) is 9.83. The molecule has 16 heavy (non-hydrogen) atoms. The van der Waals surface area contributed by atoms with Crippen LogP contribution in [0.25, 0.3) is 0 Å². The van der Waals surface area contributed by atoms with Crippen molar-refractivity contribution in [1.82, 2.24) is 10.3 Å². The Bertz CT molecular complexity index is 311. The largest absolute Gasteiger partial charge is 0.396 e. The summed E-state index contributed by atoms with van der Waals surface area (Å²) in [6.07, 6.45) is 2.58. The number of hydrogen-bond acceptors (Lipinski definition) is 3. The van der Waals surface area contributed by atoms with E-state index in [9.17, 15) is 0 Å². The van der Waals surface area contributed by atoms with Crippen molar-refractivity contribution in [2.45, 2.75) is 26.8 Å². The Morgan fingerprint density at radius 2 is 2.19 bits per heavy atom. The second kappa shape index (κ2) is 6.18. The van der Waals surface area contributed by atoms with Crippen molar-refractivity contribution in [3.8, 4) is 0 Å². The zero-order chi connectivity index (χ0) is 12.0. The van der Waals surface area contributed by atoms with Crippen molar-refractivity contribution in [2.75, 3.05) is 13.2 Å². The highest BCUT2D eigenvalue weighted by atomic mass is 35.5. The Hall–Kier alpha value is -0.640. The minimum Gasteiger partial charge on any atom is -0.396 e. The number of aliphatic hydroxyl groups is 1. The lowest BCUT2D eigenvalue weighted by atomic mass is 9.90. The maximum atomic E-state index is 8.90. The van der Waals surface area contributed by atoms with Crippen molar-refractivity contribution in [1.29, 1.82) is 0 Å². The van der Waals surface area contributed by atoms with Crippen LogP contribution in [0.5, 0.6) is 0 Å². The van der Waals surface area contributed by atoms with Gasteiger partial charge < -0.3 is 10.4 Å². The summed E-state index contributed by atoms with van der Waals surface area (Å²) in [5.41, 5.74) is 1.23. The molecule has 4 heteroatoms. The van der Waals surface area contributed by atoms with Crippen molar-refractivity contribution in [3.63, 3.8) is 0 Å². The Labute approximate surface area is 102 Å². The molecule has 3 nitrogen and oxygen atoms in total. The monoisotopic (exact) mass is 242 g/mol. The molecule has 0 fully saturated rings. The molecule has 0 amide bonds. The second-order valence-corrected chi connectivity index (χ2v) is 5.12. The number of pyridine rings is 1. The van der Waals surface area contributed by atoms with Crippen molar-refractivity contribution < 1.29 is 5.11 Å². The quantitative estimate of drug-likeness (QED) is 0.752. The summed E-state index contributed by atoms with van der Waals surface area (Å²) in [7, 11) is 0. The van der Waals surface area contributed by atoms with Gasteiger partial charge in [-0.05, 0) is 23.5 Å². The van der Waals surface area contributed by atoms with Crippen LogP contribution in [0.2, 0.25) is 5.15 Å². The highest BCUT2D eigenvalue weighted by Crippen LogP contribution is 2.18. The van der Waals surface area contributed by atoms with E-state index in [0.29, 0.717) is 5.15 Å². The predicted octanol–water partition coefficient (Wildman–Crippen LogP) is 2.23. The third-order valence-electron chi connectivity index (χ3n) is 2.51. The number of aromatic nitrogens is 1. The third-order valence-corrected chi connectivity index (χ3v) is 2.73. The molecule has 0 saturated carbocycles. The van der Waals surface area contributed by atoms with Gasteiger partial charge in [0, 0.05) is 25.9 Å². The lowest BCUT2D eigenvalue weighted by Crippen LogP contribution is -2.29. The van der Waals surface area contributed by atoms with Gasteiger partial charge in [0.25, 0.3) is 0 Å². The normalized spacial score (nSPS) is 11.8. The molecular weight excluding hydrogens is 224 g/mol. The lowest BCUT2D eigenvalue weighted by Gasteiger charge is -2.23. The summed E-state index contributed by atoms with van der Waals surface area (Å²) in [6.45, 7) is 6.15. The first-order valence-corrected chi connectivity index (χ1v) is 5.83. The topological polar surface area (TPSA) is 45.1 Å². The minimum atomic E-state index is 0.120. The first kappa shape index (κ1) is 13.4. The highest BCUT2D eigenvalue weighted by Gasteiger charge is 2.16. The van der Waals surface area contributed by atoms with Crippen LogP contribution in [0.3, 0.4) is 0 Å². The molecule has 0 bridgehead atoms. The summed E-state index contributed by atoms with van der Waals surface area (Å²) in [4.78, 5) is 4.02. The van der Waals surface area contributed by atoms with Gasteiger partial charge in [-0.25, -0.2) is 4.98 Å². The van der Waals surface area contributed by atoms with Crippen molar-refractivity contribution in [2.24, 2.45) is 5.41 Å². The Balaban J connectivity index is 2.32. The zero-order valence-corrected chi connectivity index (χ0v) is 10.6. The van der Waals surface area contributed by atoms with Crippen LogP contribution in [0.1, 0.15) is 25.8 Å². The maximum Gasteiger partial charge on any atom is 0.129 e. The van der Waals surface area contributed by atoms with Crippen molar-refractivity contribution >= 4 is 11.6 Å². The molecule has 0 aliphatic heterocycles. The van der Waals surface area contributed by atoms with Crippen LogP contribution in [0.4, 0.5) is 0 Å². The van der Waals surface area contributed by atoms with Gasteiger partial charge in [0.1, 0.15) is 5.15 Å². The fourth-order valence-electron chi connectivity index (χ4n) is 1.45. The highest BCUT2D eigenvalue weighted by molar-refractivity contribution is 6.29. The van der Waals surface area contributed by atoms with Gasteiger partial charge in [-0.2, -0.15) is 0 Å². The standard InChI is InChI=1S/C12H19ClN2O/c1-12(2,5-6-16)9-14-7-10-3-4-11(13)15-8-10/h3-4,8,14,16H,5-7,9H2,1-2H3.